The lowest BCUT2D eigenvalue weighted by Gasteiger charge is -2.28. The highest BCUT2D eigenvalue weighted by Gasteiger charge is 2.44. The first-order valence-corrected chi connectivity index (χ1v) is 8.96. The van der Waals surface area contributed by atoms with Gasteiger partial charge in [0.25, 0.3) is 5.91 Å². The maximum Gasteiger partial charge on any atom is 0.331 e. The molecule has 0 radical (unpaired) electrons. The topological polar surface area (TPSA) is 64.6 Å². The molecule has 1 saturated carbocycles. The molecule has 1 atom stereocenters. The molecule has 0 aliphatic heterocycles. The Balaban J connectivity index is 2.05. The van der Waals surface area contributed by atoms with E-state index in [0.717, 1.165) is 18.4 Å². The summed E-state index contributed by atoms with van der Waals surface area (Å²) in [4.78, 5) is 24.7. The normalized spacial score (nSPS) is 17.2. The molecule has 1 N–H and O–H groups in total. The number of rotatable bonds is 6. The molecule has 0 spiro atoms. The number of nitrogens with one attached hydrogen (secondary N) is 1. The van der Waals surface area contributed by atoms with Crippen LogP contribution in [0.2, 0.25) is 0 Å². The fraction of sp³-hybridized carbons (Fsp3) is 0.600. The lowest BCUT2D eigenvalue weighted by molar-refractivity contribution is -0.151. The van der Waals surface area contributed by atoms with Crippen molar-refractivity contribution in [3.05, 3.63) is 29.3 Å². The van der Waals surface area contributed by atoms with E-state index >= 15 is 0 Å². The number of hydrogen-bond donors (Lipinski definition) is 1. The zero-order chi connectivity index (χ0) is 18.6. The Hall–Kier alpha value is -2.04. The summed E-state index contributed by atoms with van der Waals surface area (Å²) in [5.41, 5.74) is 1.50. The standard InChI is InChI=1S/C20H29NO4/c1-13(2)17-9-8-16(12-14(17)3)25-15(4)18(22)21-20(19(23)24-5)10-6-7-11-20/h8-9,12-13,15H,6-7,10-11H2,1-5H3,(H,21,22). The van der Waals surface area contributed by atoms with E-state index in [1.165, 1.54) is 12.7 Å². The summed E-state index contributed by atoms with van der Waals surface area (Å²) in [7, 11) is 1.35. The quantitative estimate of drug-likeness (QED) is 0.800. The average molecular weight is 347 g/mol. The van der Waals surface area contributed by atoms with Crippen LogP contribution in [0, 0.1) is 6.92 Å². The van der Waals surface area contributed by atoms with Gasteiger partial charge in [0.05, 0.1) is 7.11 Å². The van der Waals surface area contributed by atoms with Crippen LogP contribution in [0.5, 0.6) is 5.75 Å². The van der Waals surface area contributed by atoms with Crippen LogP contribution < -0.4 is 10.1 Å². The number of carbonyl (C=O) groups excluding carboxylic acids is 2. The summed E-state index contributed by atoms with van der Waals surface area (Å²) in [5.74, 6) is 0.431. The van der Waals surface area contributed by atoms with Gasteiger partial charge in [0.15, 0.2) is 6.10 Å². The van der Waals surface area contributed by atoms with Crippen LogP contribution in [0.4, 0.5) is 0 Å². The van der Waals surface area contributed by atoms with Gasteiger partial charge in [-0.05, 0) is 55.9 Å². The summed E-state index contributed by atoms with van der Waals surface area (Å²) in [6, 6.07) is 5.87. The predicted octanol–water partition coefficient (Wildman–Crippen LogP) is 3.49. The second kappa shape index (κ2) is 7.89. The zero-order valence-corrected chi connectivity index (χ0v) is 15.8. The fourth-order valence-corrected chi connectivity index (χ4v) is 3.52. The third kappa shape index (κ3) is 4.33. The van der Waals surface area contributed by atoms with Gasteiger partial charge in [0, 0.05) is 0 Å². The Labute approximate surface area is 150 Å². The molecule has 1 aliphatic rings. The Morgan fingerprint density at radius 1 is 1.16 bits per heavy atom. The molecule has 1 fully saturated rings. The molecule has 5 heteroatoms. The number of ether oxygens (including phenoxy) is 2. The Morgan fingerprint density at radius 2 is 1.80 bits per heavy atom. The minimum Gasteiger partial charge on any atom is -0.481 e. The maximum atomic E-state index is 12.5. The van der Waals surface area contributed by atoms with Gasteiger partial charge in [-0.2, -0.15) is 0 Å². The number of methoxy groups -OCH3 is 1. The number of carbonyl (C=O) groups is 2. The monoisotopic (exact) mass is 347 g/mol. The van der Waals surface area contributed by atoms with Crippen molar-refractivity contribution in [2.24, 2.45) is 0 Å². The summed E-state index contributed by atoms with van der Waals surface area (Å²) in [6.45, 7) is 8.03. The average Bonchev–Trinajstić information content (AvgIpc) is 3.03. The van der Waals surface area contributed by atoms with Crippen molar-refractivity contribution in [3.8, 4) is 5.75 Å². The number of esters is 1. The third-order valence-electron chi connectivity index (χ3n) is 4.94. The van der Waals surface area contributed by atoms with Crippen molar-refractivity contribution in [3.63, 3.8) is 0 Å². The van der Waals surface area contributed by atoms with Crippen molar-refractivity contribution >= 4 is 11.9 Å². The molecule has 1 amide bonds. The second-order valence-corrected chi connectivity index (χ2v) is 7.20. The zero-order valence-electron chi connectivity index (χ0n) is 15.8. The molecule has 1 unspecified atom stereocenters. The maximum absolute atomic E-state index is 12.5. The first kappa shape index (κ1) is 19.3. The van der Waals surface area contributed by atoms with Crippen molar-refractivity contribution < 1.29 is 19.1 Å². The molecule has 138 valence electrons. The van der Waals surface area contributed by atoms with E-state index in [4.69, 9.17) is 9.47 Å². The van der Waals surface area contributed by atoms with Crippen LogP contribution in [-0.2, 0) is 14.3 Å². The summed E-state index contributed by atoms with van der Waals surface area (Å²) < 4.78 is 10.7. The molecule has 0 heterocycles. The van der Waals surface area contributed by atoms with Gasteiger partial charge in [-0.1, -0.05) is 32.8 Å². The van der Waals surface area contributed by atoms with E-state index in [0.29, 0.717) is 24.5 Å². The van der Waals surface area contributed by atoms with E-state index < -0.39 is 11.6 Å². The van der Waals surface area contributed by atoms with Gasteiger partial charge in [0.2, 0.25) is 0 Å². The van der Waals surface area contributed by atoms with Gasteiger partial charge in [-0.15, -0.1) is 0 Å². The van der Waals surface area contributed by atoms with Crippen LogP contribution in [-0.4, -0.2) is 30.6 Å². The number of benzene rings is 1. The summed E-state index contributed by atoms with van der Waals surface area (Å²) in [5, 5.41) is 2.87. The van der Waals surface area contributed by atoms with Crippen molar-refractivity contribution in [2.45, 2.75) is 70.9 Å². The minimum absolute atomic E-state index is 0.294. The molecule has 1 aliphatic carbocycles. The summed E-state index contributed by atoms with van der Waals surface area (Å²) in [6.07, 6.45) is 2.34. The van der Waals surface area contributed by atoms with Gasteiger partial charge in [-0.25, -0.2) is 4.79 Å². The molecule has 0 bridgehead atoms. The minimum atomic E-state index is -0.902. The first-order valence-electron chi connectivity index (χ1n) is 8.96. The lowest BCUT2D eigenvalue weighted by atomic mass is 9.97. The van der Waals surface area contributed by atoms with Crippen LogP contribution in [0.25, 0.3) is 0 Å². The van der Waals surface area contributed by atoms with Gasteiger partial charge in [0.1, 0.15) is 11.3 Å². The van der Waals surface area contributed by atoms with Crippen LogP contribution in [0.1, 0.15) is 63.5 Å². The second-order valence-electron chi connectivity index (χ2n) is 7.20. The Morgan fingerprint density at radius 3 is 2.32 bits per heavy atom. The van der Waals surface area contributed by atoms with Crippen LogP contribution in [0.3, 0.4) is 0 Å². The van der Waals surface area contributed by atoms with E-state index in [1.807, 2.05) is 25.1 Å². The molecule has 1 aromatic rings. The number of hydrogen-bond acceptors (Lipinski definition) is 4. The molecule has 25 heavy (non-hydrogen) atoms. The Bertz CT molecular complexity index is 633. The van der Waals surface area contributed by atoms with E-state index in [9.17, 15) is 9.59 Å². The van der Waals surface area contributed by atoms with E-state index in [-0.39, 0.29) is 11.9 Å². The van der Waals surface area contributed by atoms with Gasteiger partial charge < -0.3 is 14.8 Å². The fourth-order valence-electron chi connectivity index (χ4n) is 3.52. The smallest absolute Gasteiger partial charge is 0.331 e. The van der Waals surface area contributed by atoms with Crippen LogP contribution in [0.15, 0.2) is 18.2 Å². The highest BCUT2D eigenvalue weighted by Crippen LogP contribution is 2.31. The summed E-state index contributed by atoms with van der Waals surface area (Å²) >= 11 is 0. The largest absolute Gasteiger partial charge is 0.481 e. The predicted molar refractivity (Wildman–Crippen MR) is 96.7 cm³/mol. The van der Waals surface area contributed by atoms with Crippen molar-refractivity contribution in [1.82, 2.24) is 5.32 Å². The van der Waals surface area contributed by atoms with Gasteiger partial charge >= 0.3 is 5.97 Å². The highest BCUT2D eigenvalue weighted by molar-refractivity contribution is 5.90. The third-order valence-corrected chi connectivity index (χ3v) is 4.94. The van der Waals surface area contributed by atoms with Crippen molar-refractivity contribution in [2.75, 3.05) is 7.11 Å². The van der Waals surface area contributed by atoms with Crippen molar-refractivity contribution in [1.29, 1.82) is 0 Å². The number of aryl methyl sites for hydroxylation is 1. The molecule has 1 aromatic carbocycles. The molecule has 5 nitrogen and oxygen atoms in total. The van der Waals surface area contributed by atoms with E-state index in [1.54, 1.807) is 6.92 Å². The molecule has 2 rings (SSSR count). The SMILES string of the molecule is COC(=O)C1(NC(=O)C(C)Oc2ccc(C(C)C)c(C)c2)CCCC1. The lowest BCUT2D eigenvalue weighted by Crippen LogP contribution is -2.56. The highest BCUT2D eigenvalue weighted by atomic mass is 16.5. The molecule has 0 saturated heterocycles. The van der Waals surface area contributed by atoms with Crippen LogP contribution >= 0.6 is 0 Å². The number of amides is 1. The Kier molecular flexibility index (Phi) is 6.09. The molecule has 0 aromatic heterocycles. The molecular weight excluding hydrogens is 318 g/mol. The first-order chi connectivity index (χ1) is 11.8. The van der Waals surface area contributed by atoms with E-state index in [2.05, 4.69) is 19.2 Å². The van der Waals surface area contributed by atoms with Gasteiger partial charge in [-0.3, -0.25) is 4.79 Å². The molecular formula is C20H29NO4.